The van der Waals surface area contributed by atoms with Gasteiger partial charge in [-0.15, -0.1) is 0 Å². The van der Waals surface area contributed by atoms with Crippen LogP contribution in [0.5, 0.6) is 5.75 Å². The smallest absolute Gasteiger partial charge is 0.317 e. The fraction of sp³-hybridized carbons (Fsp3) is 0.429. The van der Waals surface area contributed by atoms with E-state index >= 15 is 0 Å². The predicted molar refractivity (Wildman–Crippen MR) is 79.4 cm³/mol. The van der Waals surface area contributed by atoms with Crippen LogP contribution in [0.3, 0.4) is 0 Å². The Balaban J connectivity index is 2.25. The van der Waals surface area contributed by atoms with Crippen LogP contribution in [0.1, 0.15) is 20.8 Å². The van der Waals surface area contributed by atoms with Gasteiger partial charge in [0, 0.05) is 6.07 Å². The highest BCUT2D eigenvalue weighted by atomic mass is 32.2. The highest BCUT2D eigenvalue weighted by Gasteiger charge is 2.24. The van der Waals surface area contributed by atoms with Crippen LogP contribution in [0.15, 0.2) is 23.4 Å². The average molecular weight is 294 g/mol. The maximum atomic E-state index is 11.2. The van der Waals surface area contributed by atoms with E-state index in [-0.39, 0.29) is 5.92 Å². The van der Waals surface area contributed by atoms with Gasteiger partial charge in [-0.2, -0.15) is 0 Å². The van der Waals surface area contributed by atoms with Gasteiger partial charge in [0.2, 0.25) is 0 Å². The average Bonchev–Trinajstić information content (AvgIpc) is 2.77. The molecule has 2 aromatic rings. The van der Waals surface area contributed by atoms with Crippen molar-refractivity contribution in [2.24, 2.45) is 5.92 Å². The number of aromatic nitrogens is 2. The topological polar surface area (TPSA) is 75.2 Å². The molecule has 0 bridgehead atoms. The minimum Gasteiger partial charge on any atom is -0.494 e. The third-order valence-corrected chi connectivity index (χ3v) is 4.25. The molecule has 0 saturated carbocycles. The molecule has 1 aromatic heterocycles. The van der Waals surface area contributed by atoms with Gasteiger partial charge < -0.3 is 14.8 Å². The van der Waals surface area contributed by atoms with Crippen molar-refractivity contribution >= 4 is 28.8 Å². The van der Waals surface area contributed by atoms with Crippen LogP contribution in [-0.4, -0.2) is 32.9 Å². The van der Waals surface area contributed by atoms with E-state index in [1.807, 2.05) is 39.0 Å². The van der Waals surface area contributed by atoms with Gasteiger partial charge in [-0.25, -0.2) is 4.98 Å². The van der Waals surface area contributed by atoms with Crippen LogP contribution in [-0.2, 0) is 4.79 Å². The molecule has 0 amide bonds. The first-order valence-corrected chi connectivity index (χ1v) is 7.41. The summed E-state index contributed by atoms with van der Waals surface area (Å²) in [6.45, 7) is 6.32. The highest BCUT2D eigenvalue weighted by Crippen LogP contribution is 2.29. The monoisotopic (exact) mass is 294 g/mol. The summed E-state index contributed by atoms with van der Waals surface area (Å²) in [5.74, 6) is -0.0102. The first-order chi connectivity index (χ1) is 9.51. The fourth-order valence-electron chi connectivity index (χ4n) is 1.87. The Bertz CT molecular complexity index is 609. The molecule has 0 aliphatic rings. The number of carboxylic acids is 1. The zero-order chi connectivity index (χ0) is 14.7. The van der Waals surface area contributed by atoms with Gasteiger partial charge in [0.05, 0.1) is 17.6 Å². The van der Waals surface area contributed by atoms with Crippen LogP contribution in [0.25, 0.3) is 11.0 Å². The number of benzene rings is 1. The van der Waals surface area contributed by atoms with Gasteiger partial charge in [0.25, 0.3) is 0 Å². The summed E-state index contributed by atoms with van der Waals surface area (Å²) in [7, 11) is 0. The molecular formula is C14H18N2O3S. The second-order valence-corrected chi connectivity index (χ2v) is 5.90. The lowest BCUT2D eigenvalue weighted by molar-refractivity contribution is -0.137. The Morgan fingerprint density at radius 3 is 2.85 bits per heavy atom. The molecule has 0 fully saturated rings. The number of thioether (sulfide) groups is 1. The second kappa shape index (κ2) is 6.17. The highest BCUT2D eigenvalue weighted by molar-refractivity contribution is 8.00. The number of rotatable bonds is 6. The molecular weight excluding hydrogens is 276 g/mol. The number of nitrogens with zero attached hydrogens (tertiary/aromatic N) is 1. The van der Waals surface area contributed by atoms with E-state index in [9.17, 15) is 9.90 Å². The zero-order valence-electron chi connectivity index (χ0n) is 11.7. The summed E-state index contributed by atoms with van der Waals surface area (Å²) < 4.78 is 5.43. The molecule has 2 N–H and O–H groups in total. The fourth-order valence-corrected chi connectivity index (χ4v) is 2.80. The first-order valence-electron chi connectivity index (χ1n) is 6.53. The first kappa shape index (κ1) is 14.7. The molecule has 1 aromatic carbocycles. The van der Waals surface area contributed by atoms with Crippen molar-refractivity contribution in [3.8, 4) is 5.75 Å². The van der Waals surface area contributed by atoms with Crippen LogP contribution < -0.4 is 4.74 Å². The van der Waals surface area contributed by atoms with Crippen LogP contribution in [0.2, 0.25) is 0 Å². The molecule has 2 rings (SSSR count). The molecule has 0 aliphatic carbocycles. The number of ether oxygens (including phenoxy) is 1. The summed E-state index contributed by atoms with van der Waals surface area (Å²) in [5.41, 5.74) is 1.66. The van der Waals surface area contributed by atoms with E-state index in [2.05, 4.69) is 9.97 Å². The summed E-state index contributed by atoms with van der Waals surface area (Å²) in [5, 5.41) is 9.32. The van der Waals surface area contributed by atoms with Gasteiger partial charge in [0.1, 0.15) is 11.0 Å². The largest absolute Gasteiger partial charge is 0.494 e. The van der Waals surface area contributed by atoms with Gasteiger partial charge in [-0.1, -0.05) is 25.6 Å². The molecule has 1 unspecified atom stereocenters. The van der Waals surface area contributed by atoms with Crippen molar-refractivity contribution in [3.05, 3.63) is 18.2 Å². The van der Waals surface area contributed by atoms with E-state index in [1.54, 1.807) is 0 Å². The Morgan fingerprint density at radius 2 is 2.25 bits per heavy atom. The van der Waals surface area contributed by atoms with Crippen molar-refractivity contribution in [3.63, 3.8) is 0 Å². The Hall–Kier alpha value is -1.69. The number of carbonyl (C=O) groups is 1. The van der Waals surface area contributed by atoms with E-state index in [0.717, 1.165) is 16.8 Å². The normalized spacial score (nSPS) is 12.8. The zero-order valence-corrected chi connectivity index (χ0v) is 12.5. The van der Waals surface area contributed by atoms with Gasteiger partial charge in [-0.05, 0) is 25.0 Å². The number of hydrogen-bond acceptors (Lipinski definition) is 4. The lowest BCUT2D eigenvalue weighted by atomic mass is 10.1. The van der Waals surface area contributed by atoms with Gasteiger partial charge in [0.15, 0.2) is 5.16 Å². The molecule has 1 heterocycles. The molecule has 20 heavy (non-hydrogen) atoms. The number of aromatic amines is 1. The maximum Gasteiger partial charge on any atom is 0.317 e. The predicted octanol–water partition coefficient (Wildman–Crippen LogP) is 3.16. The minimum atomic E-state index is -0.819. The Kier molecular flexibility index (Phi) is 4.54. The van der Waals surface area contributed by atoms with Crippen molar-refractivity contribution in [2.45, 2.75) is 31.2 Å². The van der Waals surface area contributed by atoms with Crippen LogP contribution >= 0.6 is 11.8 Å². The number of hydrogen-bond donors (Lipinski definition) is 2. The lowest BCUT2D eigenvalue weighted by Crippen LogP contribution is -2.22. The Labute approximate surface area is 121 Å². The van der Waals surface area contributed by atoms with E-state index < -0.39 is 11.2 Å². The molecule has 5 nitrogen and oxygen atoms in total. The van der Waals surface area contributed by atoms with Crippen molar-refractivity contribution in [1.29, 1.82) is 0 Å². The SMILES string of the molecule is CCOc1ccc2nc(SC(C(=O)O)C(C)C)[nH]c2c1. The summed E-state index contributed by atoms with van der Waals surface area (Å²) >= 11 is 1.24. The van der Waals surface area contributed by atoms with Crippen LogP contribution in [0, 0.1) is 5.92 Å². The third-order valence-electron chi connectivity index (χ3n) is 2.83. The van der Waals surface area contributed by atoms with E-state index in [4.69, 9.17) is 4.74 Å². The summed E-state index contributed by atoms with van der Waals surface area (Å²) in [4.78, 5) is 18.8. The lowest BCUT2D eigenvalue weighted by Gasteiger charge is -2.13. The van der Waals surface area contributed by atoms with Gasteiger partial charge in [-0.3, -0.25) is 4.79 Å². The van der Waals surface area contributed by atoms with Crippen molar-refractivity contribution < 1.29 is 14.6 Å². The van der Waals surface area contributed by atoms with E-state index in [1.165, 1.54) is 11.8 Å². The standard InChI is InChI=1S/C14H18N2O3S/c1-4-19-9-5-6-10-11(7-9)16-14(15-10)20-12(8(2)3)13(17)18/h5-8,12H,4H2,1-3H3,(H,15,16)(H,17,18). The van der Waals surface area contributed by atoms with Crippen LogP contribution in [0.4, 0.5) is 0 Å². The molecule has 108 valence electrons. The van der Waals surface area contributed by atoms with E-state index in [0.29, 0.717) is 11.8 Å². The number of nitrogens with one attached hydrogen (secondary N) is 1. The van der Waals surface area contributed by atoms with Crippen molar-refractivity contribution in [2.75, 3.05) is 6.61 Å². The second-order valence-electron chi connectivity index (χ2n) is 4.77. The molecule has 6 heteroatoms. The van der Waals surface area contributed by atoms with Gasteiger partial charge >= 0.3 is 5.97 Å². The molecule has 0 aliphatic heterocycles. The third kappa shape index (κ3) is 3.25. The minimum absolute atomic E-state index is 0.0321. The maximum absolute atomic E-state index is 11.2. The summed E-state index contributed by atoms with van der Waals surface area (Å²) in [6.07, 6.45) is 0. The number of aliphatic carboxylic acids is 1. The van der Waals surface area contributed by atoms with Crippen molar-refractivity contribution in [1.82, 2.24) is 9.97 Å². The summed E-state index contributed by atoms with van der Waals surface area (Å²) in [6, 6.07) is 5.60. The molecule has 1 atom stereocenters. The number of H-pyrrole nitrogens is 1. The molecule has 0 spiro atoms. The number of imidazole rings is 1. The Morgan fingerprint density at radius 1 is 1.50 bits per heavy atom. The quantitative estimate of drug-likeness (QED) is 0.800. The number of carboxylic acid groups (broad SMARTS) is 1. The molecule has 0 saturated heterocycles. The molecule has 0 radical (unpaired) electrons. The number of fused-ring (bicyclic) bond motifs is 1.